The van der Waals surface area contributed by atoms with Crippen molar-refractivity contribution in [1.29, 1.82) is 0 Å². The average molecular weight is 309 g/mol. The van der Waals surface area contributed by atoms with Gasteiger partial charge < -0.3 is 15.2 Å². The highest BCUT2D eigenvalue weighted by molar-refractivity contribution is 5.64. The predicted octanol–water partition coefficient (Wildman–Crippen LogP) is 4.13. The molecule has 1 aromatic carbocycles. The van der Waals surface area contributed by atoms with Crippen LogP contribution in [0.15, 0.2) is 40.9 Å². The minimum Gasteiger partial charge on any atom is -0.360 e. The Balaban J connectivity index is 1.85. The topological polar surface area (TPSA) is 75.9 Å². The van der Waals surface area contributed by atoms with E-state index in [1.54, 1.807) is 0 Å². The molecule has 0 spiro atoms. The molecule has 23 heavy (non-hydrogen) atoms. The van der Waals surface area contributed by atoms with Crippen LogP contribution in [0, 0.1) is 13.8 Å². The molecule has 118 valence electrons. The highest BCUT2D eigenvalue weighted by atomic mass is 16.5. The van der Waals surface area contributed by atoms with E-state index in [9.17, 15) is 0 Å². The lowest BCUT2D eigenvalue weighted by atomic mass is 10.1. The molecule has 3 aromatic rings. The van der Waals surface area contributed by atoms with Gasteiger partial charge in [-0.2, -0.15) is 0 Å². The predicted molar refractivity (Wildman–Crippen MR) is 90.4 cm³/mol. The van der Waals surface area contributed by atoms with Gasteiger partial charge >= 0.3 is 0 Å². The molecule has 0 saturated heterocycles. The van der Waals surface area contributed by atoms with E-state index in [-0.39, 0.29) is 0 Å². The second kappa shape index (κ2) is 6.48. The standard InChI is InChI=1S/C17H19N5O/c1-4-13-7-5-6-8-14(13)20-15-10-16(19-12(3)18-15)21-17-9-11(2)23-22-17/h5-10H,4H2,1-3H3,(H2,18,19,20,21,22). The summed E-state index contributed by atoms with van der Waals surface area (Å²) in [6, 6.07) is 11.9. The Labute approximate surface area is 135 Å². The van der Waals surface area contributed by atoms with Gasteiger partial charge in [-0.25, -0.2) is 9.97 Å². The van der Waals surface area contributed by atoms with E-state index in [4.69, 9.17) is 4.52 Å². The normalized spacial score (nSPS) is 10.6. The summed E-state index contributed by atoms with van der Waals surface area (Å²) < 4.78 is 5.05. The van der Waals surface area contributed by atoms with Gasteiger partial charge in [0, 0.05) is 17.8 Å². The fourth-order valence-electron chi connectivity index (χ4n) is 2.34. The molecule has 0 saturated carbocycles. The van der Waals surface area contributed by atoms with Crippen LogP contribution < -0.4 is 10.6 Å². The summed E-state index contributed by atoms with van der Waals surface area (Å²) in [4.78, 5) is 8.82. The average Bonchev–Trinajstić information content (AvgIpc) is 2.92. The Morgan fingerprint density at radius 1 is 0.957 bits per heavy atom. The fraction of sp³-hybridized carbons (Fsp3) is 0.235. The van der Waals surface area contributed by atoms with Crippen LogP contribution in [0.5, 0.6) is 0 Å². The lowest BCUT2D eigenvalue weighted by Crippen LogP contribution is -2.02. The number of hydrogen-bond donors (Lipinski definition) is 2. The van der Waals surface area contributed by atoms with Crippen LogP contribution >= 0.6 is 0 Å². The number of anilines is 4. The highest BCUT2D eigenvalue weighted by Crippen LogP contribution is 2.23. The summed E-state index contributed by atoms with van der Waals surface area (Å²) in [7, 11) is 0. The van der Waals surface area contributed by atoms with Crippen molar-refractivity contribution in [3.63, 3.8) is 0 Å². The Hall–Kier alpha value is -2.89. The maximum absolute atomic E-state index is 5.05. The van der Waals surface area contributed by atoms with Crippen LogP contribution in [-0.2, 0) is 6.42 Å². The number of rotatable bonds is 5. The molecule has 0 fully saturated rings. The van der Waals surface area contributed by atoms with E-state index in [1.807, 2.05) is 44.2 Å². The number of para-hydroxylation sites is 1. The van der Waals surface area contributed by atoms with Gasteiger partial charge in [0.15, 0.2) is 5.82 Å². The highest BCUT2D eigenvalue weighted by Gasteiger charge is 2.07. The third-order valence-corrected chi connectivity index (χ3v) is 3.38. The summed E-state index contributed by atoms with van der Waals surface area (Å²) in [6.45, 7) is 5.83. The van der Waals surface area contributed by atoms with Crippen LogP contribution in [0.1, 0.15) is 24.1 Å². The van der Waals surface area contributed by atoms with Crippen LogP contribution in [0.3, 0.4) is 0 Å². The zero-order valence-corrected chi connectivity index (χ0v) is 13.4. The van der Waals surface area contributed by atoms with Crippen molar-refractivity contribution >= 4 is 23.1 Å². The van der Waals surface area contributed by atoms with Crippen molar-refractivity contribution in [2.24, 2.45) is 0 Å². The number of aryl methyl sites for hydroxylation is 3. The molecule has 0 unspecified atom stereocenters. The van der Waals surface area contributed by atoms with Gasteiger partial charge in [-0.1, -0.05) is 30.3 Å². The molecule has 2 heterocycles. The van der Waals surface area contributed by atoms with E-state index in [0.29, 0.717) is 17.5 Å². The molecule has 0 atom stereocenters. The third kappa shape index (κ3) is 3.66. The van der Waals surface area contributed by atoms with E-state index < -0.39 is 0 Å². The minimum atomic E-state index is 0.625. The second-order valence-corrected chi connectivity index (χ2v) is 5.27. The number of nitrogens with one attached hydrogen (secondary N) is 2. The smallest absolute Gasteiger partial charge is 0.175 e. The van der Waals surface area contributed by atoms with Crippen molar-refractivity contribution in [2.45, 2.75) is 27.2 Å². The first-order valence-corrected chi connectivity index (χ1v) is 7.55. The summed E-state index contributed by atoms with van der Waals surface area (Å²) in [6.07, 6.45) is 0.955. The van der Waals surface area contributed by atoms with Crippen molar-refractivity contribution in [3.8, 4) is 0 Å². The zero-order chi connectivity index (χ0) is 16.2. The van der Waals surface area contributed by atoms with Crippen LogP contribution in [0.2, 0.25) is 0 Å². The van der Waals surface area contributed by atoms with Gasteiger partial charge in [-0.05, 0) is 31.9 Å². The van der Waals surface area contributed by atoms with Crippen LogP contribution in [-0.4, -0.2) is 15.1 Å². The molecule has 0 bridgehead atoms. The fourth-order valence-corrected chi connectivity index (χ4v) is 2.34. The third-order valence-electron chi connectivity index (χ3n) is 3.38. The monoisotopic (exact) mass is 309 g/mol. The first-order chi connectivity index (χ1) is 11.1. The van der Waals surface area contributed by atoms with Gasteiger partial charge in [0.2, 0.25) is 0 Å². The minimum absolute atomic E-state index is 0.625. The van der Waals surface area contributed by atoms with Crippen molar-refractivity contribution in [2.75, 3.05) is 10.6 Å². The summed E-state index contributed by atoms with van der Waals surface area (Å²) in [5.41, 5.74) is 2.29. The molecule has 6 heteroatoms. The van der Waals surface area contributed by atoms with Gasteiger partial charge in [-0.15, -0.1) is 0 Å². The quantitative estimate of drug-likeness (QED) is 0.738. The van der Waals surface area contributed by atoms with E-state index >= 15 is 0 Å². The Kier molecular flexibility index (Phi) is 4.23. The lowest BCUT2D eigenvalue weighted by Gasteiger charge is -2.11. The molecule has 0 aliphatic heterocycles. The Bertz CT molecular complexity index is 812. The maximum Gasteiger partial charge on any atom is 0.175 e. The molecule has 3 rings (SSSR count). The van der Waals surface area contributed by atoms with E-state index in [2.05, 4.69) is 38.7 Å². The molecular weight excluding hydrogens is 290 g/mol. The van der Waals surface area contributed by atoms with Crippen molar-refractivity contribution < 1.29 is 4.52 Å². The SMILES string of the molecule is CCc1ccccc1Nc1cc(Nc2cc(C)on2)nc(C)n1. The molecular formula is C17H19N5O. The molecule has 0 radical (unpaired) electrons. The van der Waals surface area contributed by atoms with Crippen molar-refractivity contribution in [3.05, 3.63) is 53.5 Å². The molecule has 2 aromatic heterocycles. The van der Waals surface area contributed by atoms with Crippen molar-refractivity contribution in [1.82, 2.24) is 15.1 Å². The molecule has 6 nitrogen and oxygen atoms in total. The zero-order valence-electron chi connectivity index (χ0n) is 13.4. The molecule has 0 aliphatic carbocycles. The number of hydrogen-bond acceptors (Lipinski definition) is 6. The van der Waals surface area contributed by atoms with Gasteiger partial charge in [-0.3, -0.25) is 0 Å². The molecule has 2 N–H and O–H groups in total. The lowest BCUT2D eigenvalue weighted by molar-refractivity contribution is 0.400. The second-order valence-electron chi connectivity index (χ2n) is 5.27. The number of aromatic nitrogens is 3. The van der Waals surface area contributed by atoms with Crippen LogP contribution in [0.4, 0.5) is 23.1 Å². The molecule has 0 aliphatic rings. The van der Waals surface area contributed by atoms with Crippen LogP contribution in [0.25, 0.3) is 0 Å². The van der Waals surface area contributed by atoms with Gasteiger partial charge in [0.05, 0.1) is 0 Å². The van der Waals surface area contributed by atoms with Gasteiger partial charge in [0.25, 0.3) is 0 Å². The van der Waals surface area contributed by atoms with E-state index in [1.165, 1.54) is 5.56 Å². The Morgan fingerprint density at radius 2 is 1.70 bits per heavy atom. The summed E-state index contributed by atoms with van der Waals surface area (Å²) >= 11 is 0. The Morgan fingerprint density at radius 3 is 2.39 bits per heavy atom. The molecule has 0 amide bonds. The number of benzene rings is 1. The van der Waals surface area contributed by atoms with Gasteiger partial charge in [0.1, 0.15) is 23.2 Å². The number of nitrogens with zero attached hydrogens (tertiary/aromatic N) is 3. The maximum atomic E-state index is 5.05. The first kappa shape index (κ1) is 15.0. The first-order valence-electron chi connectivity index (χ1n) is 7.55. The summed E-state index contributed by atoms with van der Waals surface area (Å²) in [5.74, 6) is 3.45. The van der Waals surface area contributed by atoms with E-state index in [0.717, 1.165) is 23.7 Å². The largest absolute Gasteiger partial charge is 0.360 e. The summed E-state index contributed by atoms with van der Waals surface area (Å²) in [5, 5.41) is 10.4.